The molecule has 0 heterocycles. The normalized spacial score (nSPS) is 11.9. The van der Waals surface area contributed by atoms with Gasteiger partial charge in [-0.05, 0) is 23.6 Å². The molecule has 0 spiro atoms. The van der Waals surface area contributed by atoms with Crippen molar-refractivity contribution in [1.29, 1.82) is 0 Å². The van der Waals surface area contributed by atoms with Gasteiger partial charge in [-0.1, -0.05) is 19.9 Å². The molecule has 0 bridgehead atoms. The molecule has 8 nitrogen and oxygen atoms in total. The summed E-state index contributed by atoms with van der Waals surface area (Å²) in [5.41, 5.74) is 6.41. The number of hydrogen-bond acceptors (Lipinski definition) is 6. The highest BCUT2D eigenvalue weighted by atomic mass is 16.7. The monoisotopic (exact) mass is 382 g/mol. The van der Waals surface area contributed by atoms with Crippen molar-refractivity contribution in [2.45, 2.75) is 32.8 Å². The Kier molecular flexibility index (Phi) is 9.60. The van der Waals surface area contributed by atoms with Crippen LogP contribution in [0, 0.1) is 5.92 Å². The van der Waals surface area contributed by atoms with Crippen molar-refractivity contribution in [3.63, 3.8) is 0 Å². The minimum absolute atomic E-state index is 0.0875. The molecule has 1 aromatic rings. The lowest BCUT2D eigenvalue weighted by molar-refractivity contribution is -0.0758. The van der Waals surface area contributed by atoms with Crippen molar-refractivity contribution in [1.82, 2.24) is 5.06 Å². The van der Waals surface area contributed by atoms with Crippen LogP contribution in [-0.4, -0.2) is 57.6 Å². The molecule has 0 aliphatic carbocycles. The molecule has 0 aliphatic rings. The highest BCUT2D eigenvalue weighted by Crippen LogP contribution is 2.25. The molecular formula is C19H30N2O6. The zero-order valence-electron chi connectivity index (χ0n) is 16.7. The van der Waals surface area contributed by atoms with Gasteiger partial charge >= 0.3 is 6.09 Å². The van der Waals surface area contributed by atoms with E-state index in [2.05, 4.69) is 0 Å². The first-order valence-electron chi connectivity index (χ1n) is 8.83. The van der Waals surface area contributed by atoms with E-state index in [1.807, 2.05) is 13.8 Å². The fourth-order valence-corrected chi connectivity index (χ4v) is 2.42. The standard InChI is InChI=1S/C19H30N2O6/c1-13(2)16(27-19(20)23)11-14-7-8-15(18(22)21(3)25-5)17(12-14)26-10-6-9-24-4/h7-8,12-13,16H,6,9-11H2,1-5H3,(H2,20,23). The molecule has 1 aromatic carbocycles. The molecule has 1 unspecified atom stereocenters. The number of methoxy groups -OCH3 is 1. The highest BCUT2D eigenvalue weighted by molar-refractivity contribution is 5.96. The fraction of sp³-hybridized carbons (Fsp3) is 0.579. The van der Waals surface area contributed by atoms with E-state index in [4.69, 9.17) is 24.8 Å². The lowest BCUT2D eigenvalue weighted by Gasteiger charge is -2.21. The molecule has 152 valence electrons. The Labute approximate surface area is 160 Å². The maximum absolute atomic E-state index is 12.5. The Balaban J connectivity index is 3.06. The molecule has 0 aliphatic heterocycles. The van der Waals surface area contributed by atoms with Gasteiger partial charge in [-0.15, -0.1) is 0 Å². The number of carbonyl (C=O) groups excluding carboxylic acids is 2. The minimum atomic E-state index is -0.807. The summed E-state index contributed by atoms with van der Waals surface area (Å²) in [6.45, 7) is 4.85. The van der Waals surface area contributed by atoms with Crippen LogP contribution >= 0.6 is 0 Å². The fourth-order valence-electron chi connectivity index (χ4n) is 2.42. The Morgan fingerprint density at radius 3 is 2.44 bits per heavy atom. The molecular weight excluding hydrogens is 352 g/mol. The van der Waals surface area contributed by atoms with Gasteiger partial charge in [0.15, 0.2) is 0 Å². The van der Waals surface area contributed by atoms with Gasteiger partial charge in [0.2, 0.25) is 0 Å². The Morgan fingerprint density at radius 1 is 1.19 bits per heavy atom. The number of hydrogen-bond donors (Lipinski definition) is 1. The third-order valence-electron chi connectivity index (χ3n) is 4.03. The number of benzene rings is 1. The summed E-state index contributed by atoms with van der Waals surface area (Å²) in [6, 6.07) is 5.27. The quantitative estimate of drug-likeness (QED) is 0.466. The predicted octanol–water partition coefficient (Wildman–Crippen LogP) is 2.40. The Morgan fingerprint density at radius 2 is 1.89 bits per heavy atom. The largest absolute Gasteiger partial charge is 0.493 e. The molecule has 0 aromatic heterocycles. The summed E-state index contributed by atoms with van der Waals surface area (Å²) in [7, 11) is 4.56. The van der Waals surface area contributed by atoms with Gasteiger partial charge in [-0.25, -0.2) is 9.86 Å². The van der Waals surface area contributed by atoms with E-state index in [1.165, 1.54) is 14.2 Å². The van der Waals surface area contributed by atoms with E-state index in [0.717, 1.165) is 10.6 Å². The number of carbonyl (C=O) groups is 2. The molecule has 2 amide bonds. The van der Waals surface area contributed by atoms with Crippen molar-refractivity contribution in [2.75, 3.05) is 34.5 Å². The van der Waals surface area contributed by atoms with Crippen LogP contribution in [0.25, 0.3) is 0 Å². The predicted molar refractivity (Wildman–Crippen MR) is 101 cm³/mol. The van der Waals surface area contributed by atoms with Crippen LogP contribution in [-0.2, 0) is 20.7 Å². The van der Waals surface area contributed by atoms with Crippen LogP contribution in [0.1, 0.15) is 36.2 Å². The molecule has 0 fully saturated rings. The average Bonchev–Trinajstić information content (AvgIpc) is 2.63. The summed E-state index contributed by atoms with van der Waals surface area (Å²) in [5.74, 6) is 0.211. The van der Waals surface area contributed by atoms with Crippen molar-refractivity contribution in [3.05, 3.63) is 29.3 Å². The van der Waals surface area contributed by atoms with Crippen molar-refractivity contribution < 1.29 is 28.6 Å². The van der Waals surface area contributed by atoms with Gasteiger partial charge in [-0.3, -0.25) is 9.63 Å². The first-order chi connectivity index (χ1) is 12.8. The zero-order valence-corrected chi connectivity index (χ0v) is 16.7. The third-order valence-corrected chi connectivity index (χ3v) is 4.03. The summed E-state index contributed by atoms with van der Waals surface area (Å²) < 4.78 is 16.0. The number of amides is 2. The molecule has 0 radical (unpaired) electrons. The minimum Gasteiger partial charge on any atom is -0.493 e. The molecule has 2 N–H and O–H groups in total. The van der Waals surface area contributed by atoms with Crippen LogP contribution in [0.3, 0.4) is 0 Å². The SMILES string of the molecule is COCCCOc1cc(CC(OC(N)=O)C(C)C)ccc1C(=O)N(C)OC. The Hall–Kier alpha value is -2.32. The summed E-state index contributed by atoms with van der Waals surface area (Å²) in [4.78, 5) is 28.6. The van der Waals surface area contributed by atoms with Gasteiger partial charge in [0.25, 0.3) is 5.91 Å². The maximum atomic E-state index is 12.5. The molecule has 0 saturated carbocycles. The second-order valence-electron chi connectivity index (χ2n) is 6.43. The van der Waals surface area contributed by atoms with Gasteiger partial charge in [0.05, 0.1) is 19.3 Å². The van der Waals surface area contributed by atoms with E-state index < -0.39 is 6.09 Å². The number of nitrogens with two attached hydrogens (primary N) is 1. The number of rotatable bonds is 11. The van der Waals surface area contributed by atoms with E-state index in [0.29, 0.717) is 37.4 Å². The number of nitrogens with zero attached hydrogens (tertiary/aromatic N) is 1. The van der Waals surface area contributed by atoms with E-state index >= 15 is 0 Å². The van der Waals surface area contributed by atoms with Crippen LogP contribution in [0.2, 0.25) is 0 Å². The van der Waals surface area contributed by atoms with Gasteiger partial charge in [0.1, 0.15) is 11.9 Å². The number of ether oxygens (including phenoxy) is 3. The van der Waals surface area contributed by atoms with Crippen LogP contribution < -0.4 is 10.5 Å². The average molecular weight is 382 g/mol. The second kappa shape index (κ2) is 11.4. The lowest BCUT2D eigenvalue weighted by atomic mass is 9.97. The molecule has 1 rings (SSSR count). The van der Waals surface area contributed by atoms with E-state index in [9.17, 15) is 9.59 Å². The number of primary amides is 1. The van der Waals surface area contributed by atoms with Crippen LogP contribution in [0.15, 0.2) is 18.2 Å². The summed E-state index contributed by atoms with van der Waals surface area (Å²) >= 11 is 0. The topological polar surface area (TPSA) is 100 Å². The highest BCUT2D eigenvalue weighted by Gasteiger charge is 2.21. The van der Waals surface area contributed by atoms with E-state index in [1.54, 1.807) is 25.3 Å². The van der Waals surface area contributed by atoms with Gasteiger partial charge < -0.3 is 19.9 Å². The molecule has 27 heavy (non-hydrogen) atoms. The van der Waals surface area contributed by atoms with Crippen molar-refractivity contribution >= 4 is 12.0 Å². The molecule has 1 atom stereocenters. The first-order valence-corrected chi connectivity index (χ1v) is 8.83. The maximum Gasteiger partial charge on any atom is 0.404 e. The molecule has 0 saturated heterocycles. The third kappa shape index (κ3) is 7.44. The summed E-state index contributed by atoms with van der Waals surface area (Å²) in [5, 5.41) is 1.13. The Bertz CT molecular complexity index is 620. The zero-order chi connectivity index (χ0) is 20.4. The second-order valence-corrected chi connectivity index (χ2v) is 6.43. The van der Waals surface area contributed by atoms with E-state index in [-0.39, 0.29) is 17.9 Å². The van der Waals surface area contributed by atoms with Crippen LogP contribution in [0.4, 0.5) is 4.79 Å². The number of hydroxylamine groups is 2. The summed E-state index contributed by atoms with van der Waals surface area (Å²) in [6.07, 6.45) is -0.0253. The van der Waals surface area contributed by atoms with Crippen molar-refractivity contribution in [3.8, 4) is 5.75 Å². The van der Waals surface area contributed by atoms with Gasteiger partial charge in [-0.2, -0.15) is 0 Å². The smallest absolute Gasteiger partial charge is 0.404 e. The van der Waals surface area contributed by atoms with Crippen molar-refractivity contribution in [2.24, 2.45) is 11.7 Å². The lowest BCUT2D eigenvalue weighted by Crippen LogP contribution is -2.29. The van der Waals surface area contributed by atoms with Crippen LogP contribution in [0.5, 0.6) is 5.75 Å². The molecule has 8 heteroatoms. The van der Waals surface area contributed by atoms with Gasteiger partial charge in [0, 0.05) is 33.6 Å². The first kappa shape index (κ1) is 22.7.